The van der Waals surface area contributed by atoms with Crippen molar-refractivity contribution >= 4 is 10.8 Å². The first-order valence-corrected chi connectivity index (χ1v) is 15.3. The summed E-state index contributed by atoms with van der Waals surface area (Å²) in [5.41, 5.74) is 11.7. The van der Waals surface area contributed by atoms with E-state index in [-0.39, 0.29) is 12.2 Å². The van der Waals surface area contributed by atoms with Gasteiger partial charge < -0.3 is 18.9 Å². The van der Waals surface area contributed by atoms with E-state index >= 15 is 0 Å². The molecule has 1 aliphatic carbocycles. The van der Waals surface area contributed by atoms with Crippen LogP contribution >= 0.6 is 0 Å². The Labute approximate surface area is 253 Å². The minimum absolute atomic E-state index is 0.213. The molecule has 0 bridgehead atoms. The molecular formula is C39H36O4. The van der Waals surface area contributed by atoms with E-state index in [2.05, 4.69) is 113 Å². The van der Waals surface area contributed by atoms with Crippen LogP contribution in [0.5, 0.6) is 11.5 Å². The molecule has 4 nitrogen and oxygen atoms in total. The van der Waals surface area contributed by atoms with E-state index in [9.17, 15) is 0 Å². The molecule has 5 aromatic rings. The van der Waals surface area contributed by atoms with E-state index in [1.54, 1.807) is 0 Å². The molecule has 3 aliphatic rings. The summed E-state index contributed by atoms with van der Waals surface area (Å²) in [7, 11) is 0. The molecule has 2 saturated heterocycles. The Morgan fingerprint density at radius 3 is 1.56 bits per heavy atom. The van der Waals surface area contributed by atoms with Crippen LogP contribution in [-0.2, 0) is 14.9 Å². The van der Waals surface area contributed by atoms with E-state index in [0.717, 1.165) is 47.0 Å². The van der Waals surface area contributed by atoms with E-state index < -0.39 is 5.41 Å². The fraction of sp³-hybridized carbons (Fsp3) is 0.282. The summed E-state index contributed by atoms with van der Waals surface area (Å²) < 4.78 is 23.4. The second-order valence-corrected chi connectivity index (χ2v) is 12.5. The number of benzene rings is 5. The van der Waals surface area contributed by atoms with Crippen LogP contribution in [0.15, 0.2) is 84.9 Å². The third-order valence-corrected chi connectivity index (χ3v) is 9.33. The molecule has 0 amide bonds. The second-order valence-electron chi connectivity index (χ2n) is 12.5. The van der Waals surface area contributed by atoms with Crippen molar-refractivity contribution in [2.45, 2.75) is 45.3 Å². The molecule has 0 radical (unpaired) electrons. The molecular weight excluding hydrogens is 532 g/mol. The van der Waals surface area contributed by atoms with Crippen molar-refractivity contribution in [3.63, 3.8) is 0 Å². The maximum absolute atomic E-state index is 6.30. The Morgan fingerprint density at radius 2 is 1.05 bits per heavy atom. The zero-order valence-corrected chi connectivity index (χ0v) is 25.2. The fourth-order valence-electron chi connectivity index (χ4n) is 7.22. The lowest BCUT2D eigenvalue weighted by Crippen LogP contribution is -2.29. The lowest BCUT2D eigenvalue weighted by atomic mass is 9.66. The molecule has 2 aliphatic heterocycles. The van der Waals surface area contributed by atoms with Gasteiger partial charge in [-0.25, -0.2) is 0 Å². The average Bonchev–Trinajstić information content (AvgIpc) is 3.94. The normalized spacial score (nSPS) is 21.4. The largest absolute Gasteiger partial charge is 0.490 e. The fourth-order valence-corrected chi connectivity index (χ4v) is 7.22. The van der Waals surface area contributed by atoms with Gasteiger partial charge >= 0.3 is 0 Å². The third-order valence-electron chi connectivity index (χ3n) is 9.33. The summed E-state index contributed by atoms with van der Waals surface area (Å²) >= 11 is 0. The molecule has 4 heteroatoms. The Balaban J connectivity index is 1.40. The van der Waals surface area contributed by atoms with Gasteiger partial charge in [0.2, 0.25) is 0 Å². The number of ether oxygens (including phenoxy) is 4. The van der Waals surface area contributed by atoms with Gasteiger partial charge in [0.1, 0.15) is 36.9 Å². The summed E-state index contributed by atoms with van der Waals surface area (Å²) in [5, 5.41) is 2.50. The van der Waals surface area contributed by atoms with Crippen LogP contribution in [-0.4, -0.2) is 38.6 Å². The molecule has 0 aromatic heterocycles. The molecule has 216 valence electrons. The quantitative estimate of drug-likeness (QED) is 0.175. The first kappa shape index (κ1) is 26.5. The van der Waals surface area contributed by atoms with Gasteiger partial charge in [-0.1, -0.05) is 72.8 Å². The van der Waals surface area contributed by atoms with E-state index in [0.29, 0.717) is 13.2 Å². The third kappa shape index (κ3) is 4.35. The van der Waals surface area contributed by atoms with Gasteiger partial charge in [-0.05, 0) is 106 Å². The standard InChI is InChI=1S/C39H36O4/c1-23-13-29(14-24(2)37(23)42-21-31-19-40-31)39(30-15-25(3)38(26(4)16-30)43-22-32-20-41-32)35-12-8-7-11-33(35)34-17-27-9-5-6-10-28(27)18-36(34)39/h5-18,31-32H,19-22H2,1-4H3. The summed E-state index contributed by atoms with van der Waals surface area (Å²) in [6.07, 6.45) is 0.426. The molecule has 2 fully saturated rings. The molecule has 2 atom stereocenters. The molecule has 43 heavy (non-hydrogen) atoms. The number of hydrogen-bond acceptors (Lipinski definition) is 4. The van der Waals surface area contributed by atoms with Crippen molar-refractivity contribution < 1.29 is 18.9 Å². The van der Waals surface area contributed by atoms with Gasteiger partial charge in [0.05, 0.1) is 18.6 Å². The zero-order chi connectivity index (χ0) is 29.3. The highest BCUT2D eigenvalue weighted by Gasteiger charge is 2.47. The Hall–Kier alpha value is -4.12. The number of fused-ring (bicyclic) bond motifs is 4. The summed E-state index contributed by atoms with van der Waals surface area (Å²) in [5.74, 6) is 1.91. The highest BCUT2D eigenvalue weighted by molar-refractivity contribution is 5.96. The topological polar surface area (TPSA) is 43.5 Å². The predicted molar refractivity (Wildman–Crippen MR) is 171 cm³/mol. The van der Waals surface area contributed by atoms with Crippen LogP contribution in [0.25, 0.3) is 21.9 Å². The van der Waals surface area contributed by atoms with Crippen molar-refractivity contribution in [3.05, 3.63) is 129 Å². The summed E-state index contributed by atoms with van der Waals surface area (Å²) in [4.78, 5) is 0. The SMILES string of the molecule is Cc1cc(C2(c3cc(C)c(OCC4CO4)c(C)c3)c3ccccc3-c3cc4ccccc4cc32)cc(C)c1OCC1CO1. The molecule has 8 rings (SSSR count). The lowest BCUT2D eigenvalue weighted by molar-refractivity contribution is 0.260. The van der Waals surface area contributed by atoms with Gasteiger partial charge in [-0.15, -0.1) is 0 Å². The lowest BCUT2D eigenvalue weighted by Gasteiger charge is -2.35. The van der Waals surface area contributed by atoms with Crippen LogP contribution in [0.3, 0.4) is 0 Å². The monoisotopic (exact) mass is 568 g/mol. The van der Waals surface area contributed by atoms with Crippen molar-refractivity contribution in [2.24, 2.45) is 0 Å². The number of epoxide rings is 2. The van der Waals surface area contributed by atoms with Gasteiger partial charge in [-0.2, -0.15) is 0 Å². The minimum Gasteiger partial charge on any atom is -0.490 e. The predicted octanol–water partition coefficient (Wildman–Crippen LogP) is 7.99. The maximum atomic E-state index is 6.30. The zero-order valence-electron chi connectivity index (χ0n) is 25.2. The maximum Gasteiger partial charge on any atom is 0.125 e. The van der Waals surface area contributed by atoms with E-state index in [1.807, 2.05) is 0 Å². The Bertz CT molecular complexity index is 1780. The van der Waals surface area contributed by atoms with Gasteiger partial charge in [0, 0.05) is 0 Å². The van der Waals surface area contributed by atoms with Crippen LogP contribution < -0.4 is 9.47 Å². The van der Waals surface area contributed by atoms with Crippen LogP contribution in [0, 0.1) is 27.7 Å². The summed E-state index contributed by atoms with van der Waals surface area (Å²) in [6, 6.07) is 31.8. The molecule has 0 spiro atoms. The van der Waals surface area contributed by atoms with Crippen molar-refractivity contribution in [3.8, 4) is 22.6 Å². The molecule has 5 aromatic carbocycles. The van der Waals surface area contributed by atoms with E-state index in [1.165, 1.54) is 44.2 Å². The van der Waals surface area contributed by atoms with Crippen molar-refractivity contribution in [1.82, 2.24) is 0 Å². The van der Waals surface area contributed by atoms with E-state index in [4.69, 9.17) is 18.9 Å². The van der Waals surface area contributed by atoms with Gasteiger partial charge in [0.25, 0.3) is 0 Å². The number of aryl methyl sites for hydroxylation is 4. The van der Waals surface area contributed by atoms with Crippen LogP contribution in [0.4, 0.5) is 0 Å². The number of hydrogen-bond donors (Lipinski definition) is 0. The average molecular weight is 569 g/mol. The highest BCUT2D eigenvalue weighted by Crippen LogP contribution is 2.58. The smallest absolute Gasteiger partial charge is 0.125 e. The Morgan fingerprint density at radius 1 is 0.581 bits per heavy atom. The summed E-state index contributed by atoms with van der Waals surface area (Å²) in [6.45, 7) is 11.4. The number of rotatable bonds is 8. The first-order valence-electron chi connectivity index (χ1n) is 15.3. The molecule has 2 heterocycles. The molecule has 2 unspecified atom stereocenters. The minimum atomic E-state index is -0.517. The van der Waals surface area contributed by atoms with Gasteiger partial charge in [-0.3, -0.25) is 0 Å². The molecule has 0 saturated carbocycles. The van der Waals surface area contributed by atoms with Crippen molar-refractivity contribution in [1.29, 1.82) is 0 Å². The van der Waals surface area contributed by atoms with Crippen molar-refractivity contribution in [2.75, 3.05) is 26.4 Å². The second kappa shape index (κ2) is 9.97. The Kier molecular flexibility index (Phi) is 6.15. The van der Waals surface area contributed by atoms with Crippen LogP contribution in [0.1, 0.15) is 44.5 Å². The molecule has 0 N–H and O–H groups in total. The van der Waals surface area contributed by atoms with Gasteiger partial charge in [0.15, 0.2) is 0 Å². The van der Waals surface area contributed by atoms with Crippen LogP contribution in [0.2, 0.25) is 0 Å². The first-order chi connectivity index (χ1) is 20.9. The highest BCUT2D eigenvalue weighted by atomic mass is 16.6.